The van der Waals surface area contributed by atoms with E-state index < -0.39 is 11.9 Å². The van der Waals surface area contributed by atoms with E-state index in [1.165, 1.54) is 24.3 Å². The molecule has 2 N–H and O–H groups in total. The van der Waals surface area contributed by atoms with Crippen molar-refractivity contribution in [2.24, 2.45) is 0 Å². The second-order valence-corrected chi connectivity index (χ2v) is 6.56. The lowest BCUT2D eigenvalue weighted by atomic mass is 10.1. The molecule has 0 aliphatic rings. The molecule has 0 aliphatic heterocycles. The first-order valence-corrected chi connectivity index (χ1v) is 9.54. The van der Waals surface area contributed by atoms with Crippen LogP contribution in [0.15, 0.2) is 46.4 Å². The van der Waals surface area contributed by atoms with Gasteiger partial charge < -0.3 is 19.9 Å². The summed E-state index contributed by atoms with van der Waals surface area (Å²) in [6.07, 6.45) is 1.42. The van der Waals surface area contributed by atoms with E-state index in [0.717, 1.165) is 0 Å². The number of aromatic carboxylic acids is 1. The third-order valence-corrected chi connectivity index (χ3v) is 4.25. The van der Waals surface area contributed by atoms with Crippen molar-refractivity contribution in [1.29, 1.82) is 5.26 Å². The fraction of sp³-hybridized carbons (Fsp3) is 0.190. The number of halogens is 1. The fourth-order valence-electron chi connectivity index (χ4n) is 2.46. The number of carboxylic acids is 1. The van der Waals surface area contributed by atoms with E-state index in [-0.39, 0.29) is 16.8 Å². The molecule has 0 aromatic heterocycles. The number of hydrogen-bond donors (Lipinski definition) is 2. The zero-order valence-electron chi connectivity index (χ0n) is 15.9. The van der Waals surface area contributed by atoms with Crippen LogP contribution >= 0.6 is 15.9 Å². The standard InChI is InChI=1S/C21H19BrN2O5/c1-3-28-18-10-13(9-17(22)19(18)29-4-2)8-15(12-23)20(25)24-16-7-5-6-14(11-16)21(26)27/h5-11H,3-4H2,1-2H3,(H,24,25)(H,26,27). The van der Waals surface area contributed by atoms with Crippen LogP contribution in [-0.2, 0) is 4.79 Å². The summed E-state index contributed by atoms with van der Waals surface area (Å²) in [5.41, 5.74) is 0.722. The summed E-state index contributed by atoms with van der Waals surface area (Å²) >= 11 is 3.42. The molecule has 0 spiro atoms. The van der Waals surface area contributed by atoms with Crippen molar-refractivity contribution in [3.63, 3.8) is 0 Å². The Hall–Kier alpha value is -3.31. The highest BCUT2D eigenvalue weighted by Gasteiger charge is 2.14. The van der Waals surface area contributed by atoms with Crippen molar-refractivity contribution in [2.75, 3.05) is 18.5 Å². The number of nitrogens with zero attached hydrogens (tertiary/aromatic N) is 1. The minimum absolute atomic E-state index is 0.0297. The van der Waals surface area contributed by atoms with Crippen LogP contribution in [-0.4, -0.2) is 30.2 Å². The minimum Gasteiger partial charge on any atom is -0.490 e. The Morgan fingerprint density at radius 3 is 2.55 bits per heavy atom. The maximum Gasteiger partial charge on any atom is 0.335 e. The largest absolute Gasteiger partial charge is 0.490 e. The van der Waals surface area contributed by atoms with Gasteiger partial charge in [0.05, 0.1) is 23.2 Å². The molecule has 29 heavy (non-hydrogen) atoms. The maximum absolute atomic E-state index is 12.5. The number of nitriles is 1. The summed E-state index contributed by atoms with van der Waals surface area (Å²) in [6.45, 7) is 4.57. The van der Waals surface area contributed by atoms with Crippen molar-refractivity contribution < 1.29 is 24.2 Å². The van der Waals surface area contributed by atoms with Gasteiger partial charge in [-0.15, -0.1) is 0 Å². The number of anilines is 1. The molecule has 2 aromatic carbocycles. The van der Waals surface area contributed by atoms with Crippen LogP contribution in [0.5, 0.6) is 11.5 Å². The first-order valence-electron chi connectivity index (χ1n) is 8.75. The van der Waals surface area contributed by atoms with Crippen LogP contribution < -0.4 is 14.8 Å². The number of carboxylic acid groups (broad SMARTS) is 1. The van der Waals surface area contributed by atoms with Crippen LogP contribution in [0, 0.1) is 11.3 Å². The molecule has 7 nitrogen and oxygen atoms in total. The number of ether oxygens (including phenoxy) is 2. The van der Waals surface area contributed by atoms with Gasteiger partial charge in [-0.05, 0) is 71.7 Å². The summed E-state index contributed by atoms with van der Waals surface area (Å²) in [5.74, 6) is -0.736. The molecular weight excluding hydrogens is 440 g/mol. The molecule has 0 bridgehead atoms. The second-order valence-electron chi connectivity index (χ2n) is 5.71. The van der Waals surface area contributed by atoms with Gasteiger partial charge in [-0.1, -0.05) is 6.07 Å². The maximum atomic E-state index is 12.5. The number of nitrogens with one attached hydrogen (secondary N) is 1. The van der Waals surface area contributed by atoms with E-state index in [2.05, 4.69) is 21.2 Å². The Bertz CT molecular complexity index is 995. The highest BCUT2D eigenvalue weighted by molar-refractivity contribution is 9.10. The number of amides is 1. The van der Waals surface area contributed by atoms with Crippen molar-refractivity contribution in [2.45, 2.75) is 13.8 Å². The molecule has 8 heteroatoms. The molecule has 150 valence electrons. The van der Waals surface area contributed by atoms with E-state index in [0.29, 0.717) is 34.7 Å². The normalized spacial score (nSPS) is 10.8. The van der Waals surface area contributed by atoms with E-state index >= 15 is 0 Å². The molecule has 0 saturated carbocycles. The molecule has 0 radical (unpaired) electrons. The zero-order valence-corrected chi connectivity index (χ0v) is 17.4. The molecule has 0 atom stereocenters. The van der Waals surface area contributed by atoms with E-state index in [9.17, 15) is 14.9 Å². The van der Waals surface area contributed by atoms with Crippen molar-refractivity contribution in [3.8, 4) is 17.6 Å². The average molecular weight is 459 g/mol. The Balaban J connectivity index is 2.33. The van der Waals surface area contributed by atoms with E-state index in [1.807, 2.05) is 19.9 Å². The van der Waals surface area contributed by atoms with Gasteiger partial charge in [-0.25, -0.2) is 4.79 Å². The molecule has 0 unspecified atom stereocenters. The fourth-order valence-corrected chi connectivity index (χ4v) is 3.04. The molecule has 0 aliphatic carbocycles. The Morgan fingerprint density at radius 1 is 1.21 bits per heavy atom. The lowest BCUT2D eigenvalue weighted by Gasteiger charge is -2.13. The van der Waals surface area contributed by atoms with E-state index in [1.54, 1.807) is 18.2 Å². The van der Waals surface area contributed by atoms with Gasteiger partial charge in [0.15, 0.2) is 11.5 Å². The summed E-state index contributed by atoms with van der Waals surface area (Å²) in [7, 11) is 0. The van der Waals surface area contributed by atoms with Crippen LogP contribution in [0.2, 0.25) is 0 Å². The topological polar surface area (TPSA) is 109 Å². The van der Waals surface area contributed by atoms with Gasteiger partial charge >= 0.3 is 5.97 Å². The molecule has 0 saturated heterocycles. The van der Waals surface area contributed by atoms with E-state index in [4.69, 9.17) is 14.6 Å². The molecule has 2 rings (SSSR count). The molecule has 0 fully saturated rings. The summed E-state index contributed by atoms with van der Waals surface area (Å²) in [6, 6.07) is 11.0. The molecule has 2 aromatic rings. The van der Waals surface area contributed by atoms with Gasteiger partial charge in [0.1, 0.15) is 11.6 Å². The van der Waals surface area contributed by atoms with Crippen molar-refractivity contribution >= 4 is 39.6 Å². The number of rotatable bonds is 8. The van der Waals surface area contributed by atoms with Crippen LogP contribution in [0.1, 0.15) is 29.8 Å². The second kappa shape index (κ2) is 10.3. The number of carbonyl (C=O) groups excluding carboxylic acids is 1. The summed E-state index contributed by atoms with van der Waals surface area (Å²) < 4.78 is 11.8. The first kappa shape index (κ1) is 22.0. The van der Waals surface area contributed by atoms with Crippen LogP contribution in [0.4, 0.5) is 5.69 Å². The smallest absolute Gasteiger partial charge is 0.335 e. The number of carbonyl (C=O) groups is 2. The average Bonchev–Trinajstić information content (AvgIpc) is 2.69. The Kier molecular flexibility index (Phi) is 7.80. The minimum atomic E-state index is -1.11. The quantitative estimate of drug-likeness (QED) is 0.445. The SMILES string of the molecule is CCOc1cc(C=C(C#N)C(=O)Nc2cccc(C(=O)O)c2)cc(Br)c1OCC. The lowest BCUT2D eigenvalue weighted by molar-refractivity contribution is -0.112. The van der Waals surface area contributed by atoms with Gasteiger partial charge in [0.25, 0.3) is 5.91 Å². The number of benzene rings is 2. The first-order chi connectivity index (χ1) is 13.9. The predicted molar refractivity (Wildman–Crippen MR) is 112 cm³/mol. The molecule has 0 heterocycles. The summed E-state index contributed by atoms with van der Waals surface area (Å²) in [4.78, 5) is 23.5. The molecular formula is C21H19BrN2O5. The monoisotopic (exact) mass is 458 g/mol. The van der Waals surface area contributed by atoms with Crippen molar-refractivity contribution in [1.82, 2.24) is 0 Å². The van der Waals surface area contributed by atoms with Crippen LogP contribution in [0.25, 0.3) is 6.08 Å². The van der Waals surface area contributed by atoms with Crippen LogP contribution in [0.3, 0.4) is 0 Å². The highest BCUT2D eigenvalue weighted by Crippen LogP contribution is 2.37. The van der Waals surface area contributed by atoms with Gasteiger partial charge in [0.2, 0.25) is 0 Å². The Labute approximate surface area is 176 Å². The summed E-state index contributed by atoms with van der Waals surface area (Å²) in [5, 5.41) is 21.0. The van der Waals surface area contributed by atoms with Gasteiger partial charge in [-0.3, -0.25) is 4.79 Å². The Morgan fingerprint density at radius 2 is 1.93 bits per heavy atom. The predicted octanol–water partition coefficient (Wildman–Crippen LogP) is 4.49. The third-order valence-electron chi connectivity index (χ3n) is 3.66. The zero-order chi connectivity index (χ0) is 21.4. The molecule has 1 amide bonds. The highest BCUT2D eigenvalue weighted by atomic mass is 79.9. The number of hydrogen-bond acceptors (Lipinski definition) is 5. The third kappa shape index (κ3) is 5.83. The van der Waals surface area contributed by atoms with Gasteiger partial charge in [0, 0.05) is 5.69 Å². The lowest BCUT2D eigenvalue weighted by Crippen LogP contribution is -2.14. The van der Waals surface area contributed by atoms with Crippen molar-refractivity contribution in [3.05, 3.63) is 57.6 Å². The van der Waals surface area contributed by atoms with Gasteiger partial charge in [-0.2, -0.15) is 5.26 Å².